The van der Waals surface area contributed by atoms with Gasteiger partial charge in [0.05, 0.1) is 18.6 Å². The van der Waals surface area contributed by atoms with E-state index in [1.807, 2.05) is 0 Å². The van der Waals surface area contributed by atoms with E-state index >= 15 is 0 Å². The second-order valence-electron chi connectivity index (χ2n) is 3.68. The first kappa shape index (κ1) is 14.2. The molecule has 8 heteroatoms. The van der Waals surface area contributed by atoms with E-state index in [2.05, 4.69) is 4.74 Å². The molecule has 0 radical (unpaired) electrons. The van der Waals surface area contributed by atoms with Gasteiger partial charge in [0.2, 0.25) is 0 Å². The highest BCUT2D eigenvalue weighted by Gasteiger charge is 2.78. The smallest absolute Gasteiger partial charge is 0.363 e. The van der Waals surface area contributed by atoms with Gasteiger partial charge in [0, 0.05) is 0 Å². The number of esters is 1. The fraction of sp³-hybridized carbons (Fsp3) is 0.778. The van der Waals surface area contributed by atoms with Crippen LogP contribution >= 0.6 is 15.9 Å². The Balaban J connectivity index is 2.94. The number of hydrogen-bond acceptors (Lipinski definition) is 3. The Labute approximate surface area is 103 Å². The number of ether oxygens (including phenoxy) is 1. The Hall–Kier alpha value is -0.840. The van der Waals surface area contributed by atoms with E-state index in [0.717, 1.165) is 0 Å². The number of carbonyl (C=O) groups excluding carboxylic acids is 1. The molecule has 0 aliphatic heterocycles. The molecule has 0 amide bonds. The van der Waals surface area contributed by atoms with Gasteiger partial charge in [-0.25, -0.2) is 0 Å². The van der Waals surface area contributed by atoms with Crippen LogP contribution in [0.3, 0.4) is 0 Å². The van der Waals surface area contributed by atoms with Crippen molar-refractivity contribution in [2.24, 2.45) is 11.3 Å². The van der Waals surface area contributed by atoms with Crippen LogP contribution in [0.5, 0.6) is 0 Å². The van der Waals surface area contributed by atoms with Gasteiger partial charge in [-0.15, -0.1) is 0 Å². The first-order valence-electron chi connectivity index (χ1n) is 4.66. The van der Waals surface area contributed by atoms with Gasteiger partial charge in [-0.2, -0.15) is 22.8 Å². The normalized spacial score (nSPS) is 28.4. The molecule has 0 aromatic heterocycles. The molecule has 0 aromatic carbocycles. The van der Waals surface area contributed by atoms with E-state index in [1.165, 1.54) is 13.0 Å². The summed E-state index contributed by atoms with van der Waals surface area (Å²) < 4.78 is 56.2. The standard InChI is InChI=1S/C9H8BrF4NO2/c1-2-17-6(16)7(4-15)3-5(7)8(11,12)9(10,13)14/h5H,2-3H2,1H3/t5?,7-/m1/s1. The molecule has 1 unspecified atom stereocenters. The molecule has 2 atom stereocenters. The van der Waals surface area contributed by atoms with Crippen LogP contribution in [0.25, 0.3) is 0 Å². The lowest BCUT2D eigenvalue weighted by Gasteiger charge is -2.22. The Bertz CT molecular complexity index is 376. The van der Waals surface area contributed by atoms with Crippen LogP contribution in [-0.4, -0.2) is 23.3 Å². The predicted octanol–water partition coefficient (Wildman–Crippen LogP) is 2.70. The first-order chi connectivity index (χ1) is 7.63. The van der Waals surface area contributed by atoms with Gasteiger partial charge in [0.1, 0.15) is 0 Å². The van der Waals surface area contributed by atoms with Crippen LogP contribution in [0.4, 0.5) is 17.6 Å². The zero-order valence-corrected chi connectivity index (χ0v) is 10.2. The van der Waals surface area contributed by atoms with E-state index in [4.69, 9.17) is 5.26 Å². The van der Waals surface area contributed by atoms with Gasteiger partial charge < -0.3 is 4.74 Å². The summed E-state index contributed by atoms with van der Waals surface area (Å²) in [4.78, 5) is 6.84. The highest BCUT2D eigenvalue weighted by Crippen LogP contribution is 2.64. The molecule has 1 aliphatic carbocycles. The maximum atomic E-state index is 13.2. The van der Waals surface area contributed by atoms with Crippen molar-refractivity contribution >= 4 is 21.9 Å². The summed E-state index contributed by atoms with van der Waals surface area (Å²) in [6, 6.07) is 1.36. The molecule has 1 aliphatic rings. The van der Waals surface area contributed by atoms with Gasteiger partial charge in [-0.05, 0) is 29.3 Å². The molecule has 0 bridgehead atoms. The van der Waals surface area contributed by atoms with E-state index in [9.17, 15) is 22.4 Å². The SMILES string of the molecule is CCOC(=O)[C@@]1(C#N)CC1C(F)(F)C(F)(F)Br. The highest BCUT2D eigenvalue weighted by molar-refractivity contribution is 9.10. The summed E-state index contributed by atoms with van der Waals surface area (Å²) in [6.45, 7) is 1.32. The van der Waals surface area contributed by atoms with Crippen molar-refractivity contribution in [3.8, 4) is 6.07 Å². The molecule has 0 heterocycles. The molecular weight excluding hydrogens is 310 g/mol. The number of nitrogens with zero attached hydrogens (tertiary/aromatic N) is 1. The minimum absolute atomic E-state index is 0.106. The Morgan fingerprint density at radius 1 is 1.59 bits per heavy atom. The average Bonchev–Trinajstić information content (AvgIpc) is 2.92. The van der Waals surface area contributed by atoms with E-state index < -0.39 is 34.5 Å². The zero-order valence-electron chi connectivity index (χ0n) is 8.65. The van der Waals surface area contributed by atoms with E-state index in [-0.39, 0.29) is 6.61 Å². The summed E-state index contributed by atoms with van der Waals surface area (Å²) in [5.74, 6) is -7.69. The van der Waals surface area contributed by atoms with Crippen molar-refractivity contribution in [3.63, 3.8) is 0 Å². The maximum Gasteiger partial charge on any atom is 0.363 e. The number of carbonyl (C=O) groups is 1. The van der Waals surface area contributed by atoms with Crippen molar-refractivity contribution in [2.45, 2.75) is 24.1 Å². The lowest BCUT2D eigenvalue weighted by Crippen LogP contribution is -2.40. The molecule has 1 rings (SSSR count). The lowest BCUT2D eigenvalue weighted by molar-refractivity contribution is -0.173. The molecule has 0 saturated heterocycles. The highest BCUT2D eigenvalue weighted by atomic mass is 79.9. The van der Waals surface area contributed by atoms with Crippen molar-refractivity contribution in [2.75, 3.05) is 6.61 Å². The number of alkyl halides is 5. The Morgan fingerprint density at radius 2 is 2.12 bits per heavy atom. The maximum absolute atomic E-state index is 13.2. The molecule has 0 N–H and O–H groups in total. The molecule has 96 valence electrons. The number of halogens is 5. The molecule has 17 heavy (non-hydrogen) atoms. The fourth-order valence-corrected chi connectivity index (χ4v) is 1.83. The third-order valence-corrected chi connectivity index (χ3v) is 3.14. The Morgan fingerprint density at radius 3 is 2.47 bits per heavy atom. The van der Waals surface area contributed by atoms with Gasteiger partial charge in [-0.3, -0.25) is 4.79 Å². The third-order valence-electron chi connectivity index (χ3n) is 2.62. The summed E-state index contributed by atoms with van der Waals surface area (Å²) in [7, 11) is 0. The van der Waals surface area contributed by atoms with E-state index in [1.54, 1.807) is 15.9 Å². The largest absolute Gasteiger partial charge is 0.465 e. The van der Waals surface area contributed by atoms with E-state index in [0.29, 0.717) is 0 Å². The van der Waals surface area contributed by atoms with Crippen molar-refractivity contribution in [1.29, 1.82) is 5.26 Å². The van der Waals surface area contributed by atoms with Gasteiger partial charge in [0.15, 0.2) is 5.41 Å². The summed E-state index contributed by atoms with van der Waals surface area (Å²) in [6.07, 6.45) is -0.628. The molecule has 0 aromatic rings. The van der Waals surface area contributed by atoms with Crippen molar-refractivity contribution < 1.29 is 27.1 Å². The summed E-state index contributed by atoms with van der Waals surface area (Å²) >= 11 is 1.56. The van der Waals surface area contributed by atoms with Gasteiger partial charge >= 0.3 is 16.7 Å². The average molecular weight is 318 g/mol. The quantitative estimate of drug-likeness (QED) is 0.455. The van der Waals surface area contributed by atoms with Crippen LogP contribution in [0.1, 0.15) is 13.3 Å². The molecule has 0 spiro atoms. The van der Waals surface area contributed by atoms with Crippen LogP contribution in [-0.2, 0) is 9.53 Å². The van der Waals surface area contributed by atoms with Crippen molar-refractivity contribution in [1.82, 2.24) is 0 Å². The van der Waals surface area contributed by atoms with Crippen LogP contribution in [0.2, 0.25) is 0 Å². The third kappa shape index (κ3) is 2.12. The minimum Gasteiger partial charge on any atom is -0.465 e. The number of rotatable bonds is 4. The van der Waals surface area contributed by atoms with Gasteiger partial charge in [-0.1, -0.05) is 0 Å². The molecule has 3 nitrogen and oxygen atoms in total. The predicted molar refractivity (Wildman–Crippen MR) is 51.6 cm³/mol. The summed E-state index contributed by atoms with van der Waals surface area (Å²) in [5.41, 5.74) is -2.16. The fourth-order valence-electron chi connectivity index (χ4n) is 1.55. The molecular formula is C9H8BrF4NO2. The second kappa shape index (κ2) is 4.12. The molecule has 1 saturated carbocycles. The van der Waals surface area contributed by atoms with Crippen LogP contribution in [0, 0.1) is 22.7 Å². The van der Waals surface area contributed by atoms with Gasteiger partial charge in [0.25, 0.3) is 0 Å². The monoisotopic (exact) mass is 317 g/mol. The lowest BCUT2D eigenvalue weighted by atomic mass is 10.0. The topological polar surface area (TPSA) is 50.1 Å². The van der Waals surface area contributed by atoms with Crippen LogP contribution < -0.4 is 0 Å². The second-order valence-corrected chi connectivity index (χ2v) is 4.68. The van der Waals surface area contributed by atoms with Crippen LogP contribution in [0.15, 0.2) is 0 Å². The minimum atomic E-state index is -4.48. The number of hydrogen-bond donors (Lipinski definition) is 0. The Kier molecular flexibility index (Phi) is 3.45. The zero-order chi connectivity index (χ0) is 13.5. The number of nitriles is 1. The van der Waals surface area contributed by atoms with Crippen molar-refractivity contribution in [3.05, 3.63) is 0 Å². The summed E-state index contributed by atoms with van der Waals surface area (Å²) in [5, 5.41) is 8.71. The molecule has 1 fully saturated rings. The first-order valence-corrected chi connectivity index (χ1v) is 5.45.